The molecule has 0 aromatic carbocycles. The third-order valence-electron chi connectivity index (χ3n) is 4.27. The Morgan fingerprint density at radius 2 is 1.65 bits per heavy atom. The van der Waals surface area contributed by atoms with Crippen molar-refractivity contribution in [1.29, 1.82) is 0 Å². The lowest BCUT2D eigenvalue weighted by atomic mass is 9.85. The molecule has 2 unspecified atom stereocenters. The van der Waals surface area contributed by atoms with E-state index in [1.165, 1.54) is 0 Å². The number of aliphatic hydroxyl groups is 1. The van der Waals surface area contributed by atoms with Crippen LogP contribution in [0.15, 0.2) is 12.2 Å². The minimum absolute atomic E-state index is 0.115. The van der Waals surface area contributed by atoms with E-state index in [0.29, 0.717) is 6.61 Å². The van der Waals surface area contributed by atoms with E-state index in [0.717, 1.165) is 0 Å². The standard InChI is InChI=1S/C16H34O3Si/c1-10-12-13(17)16(6,7)14(18-11-2)19-20(8,9)15(3,4)5/h10,12-14,17H,11H2,1-9H3/b12-10+. The number of aliphatic hydroxyl groups excluding tert-OH is 1. The first kappa shape index (κ1) is 19.8. The summed E-state index contributed by atoms with van der Waals surface area (Å²) in [6.07, 6.45) is 2.66. The van der Waals surface area contributed by atoms with Gasteiger partial charge in [0.2, 0.25) is 0 Å². The van der Waals surface area contributed by atoms with Crippen molar-refractivity contribution in [2.24, 2.45) is 5.41 Å². The third kappa shape index (κ3) is 4.99. The average molecular weight is 303 g/mol. The topological polar surface area (TPSA) is 38.7 Å². The lowest BCUT2D eigenvalue weighted by Gasteiger charge is -2.44. The lowest BCUT2D eigenvalue weighted by molar-refractivity contribution is -0.175. The van der Waals surface area contributed by atoms with E-state index < -0.39 is 26.1 Å². The first-order valence-corrected chi connectivity index (χ1v) is 10.4. The molecule has 0 aromatic rings. The number of allylic oxidation sites excluding steroid dienone is 1. The van der Waals surface area contributed by atoms with Crippen LogP contribution in [0.2, 0.25) is 18.1 Å². The summed E-state index contributed by atoms with van der Waals surface area (Å²) < 4.78 is 12.2. The Morgan fingerprint density at radius 3 is 2.00 bits per heavy atom. The van der Waals surface area contributed by atoms with Crippen LogP contribution in [0.5, 0.6) is 0 Å². The molecule has 1 N–H and O–H groups in total. The van der Waals surface area contributed by atoms with E-state index >= 15 is 0 Å². The third-order valence-corrected chi connectivity index (χ3v) is 8.69. The number of rotatable bonds is 7. The highest BCUT2D eigenvalue weighted by Crippen LogP contribution is 2.40. The van der Waals surface area contributed by atoms with Gasteiger partial charge in [0.25, 0.3) is 0 Å². The molecule has 0 heterocycles. The van der Waals surface area contributed by atoms with E-state index in [9.17, 15) is 5.11 Å². The van der Waals surface area contributed by atoms with E-state index in [-0.39, 0.29) is 5.04 Å². The molecule has 4 heteroatoms. The molecule has 2 atom stereocenters. The van der Waals surface area contributed by atoms with Gasteiger partial charge in [-0.1, -0.05) is 46.8 Å². The van der Waals surface area contributed by atoms with Gasteiger partial charge in [-0.3, -0.25) is 0 Å². The van der Waals surface area contributed by atoms with Crippen molar-refractivity contribution in [2.75, 3.05) is 6.61 Å². The molecule has 3 nitrogen and oxygen atoms in total. The Labute approximate surface area is 126 Å². The number of hydrogen-bond donors (Lipinski definition) is 1. The Morgan fingerprint density at radius 1 is 1.15 bits per heavy atom. The molecule has 0 aliphatic heterocycles. The second-order valence-electron chi connectivity index (χ2n) is 7.46. The maximum Gasteiger partial charge on any atom is 0.195 e. The predicted octanol–water partition coefficient (Wildman–Crippen LogP) is 4.33. The van der Waals surface area contributed by atoms with E-state index in [1.807, 2.05) is 33.8 Å². The molecule has 20 heavy (non-hydrogen) atoms. The van der Waals surface area contributed by atoms with E-state index in [2.05, 4.69) is 33.9 Å². The highest BCUT2D eigenvalue weighted by molar-refractivity contribution is 6.74. The van der Waals surface area contributed by atoms with Crippen molar-refractivity contribution < 1.29 is 14.3 Å². The summed E-state index contributed by atoms with van der Waals surface area (Å²) in [6.45, 7) is 19.5. The SMILES string of the molecule is C/C=C/C(O)C(C)(C)C(OCC)O[Si](C)(C)C(C)(C)C. The smallest absolute Gasteiger partial charge is 0.195 e. The summed E-state index contributed by atoms with van der Waals surface area (Å²) in [5, 5.41) is 10.5. The first-order valence-electron chi connectivity index (χ1n) is 7.50. The number of hydrogen-bond acceptors (Lipinski definition) is 3. The largest absolute Gasteiger partial charge is 0.392 e. The minimum Gasteiger partial charge on any atom is -0.392 e. The van der Waals surface area contributed by atoms with Crippen LogP contribution in [0.4, 0.5) is 0 Å². The zero-order valence-electron chi connectivity index (χ0n) is 14.8. The normalized spacial score (nSPS) is 17.5. The van der Waals surface area contributed by atoms with Crippen LogP contribution in [0.25, 0.3) is 0 Å². The summed E-state index contributed by atoms with van der Waals surface area (Å²) in [5.41, 5.74) is -0.488. The van der Waals surface area contributed by atoms with Crippen LogP contribution in [-0.2, 0) is 9.16 Å². The van der Waals surface area contributed by atoms with Gasteiger partial charge in [-0.15, -0.1) is 0 Å². The van der Waals surface area contributed by atoms with Crippen LogP contribution in [0, 0.1) is 5.41 Å². The molecule has 0 rings (SSSR count). The summed E-state index contributed by atoms with van der Waals surface area (Å²) >= 11 is 0. The Bertz CT molecular complexity index is 316. The molecule has 0 radical (unpaired) electrons. The fourth-order valence-corrected chi connectivity index (χ4v) is 2.83. The fourth-order valence-electron chi connectivity index (χ4n) is 1.57. The molecule has 0 aromatic heterocycles. The monoisotopic (exact) mass is 302 g/mol. The summed E-state index contributed by atoms with van der Waals surface area (Å²) in [6, 6.07) is 0. The molecule has 0 fully saturated rings. The molecule has 0 saturated carbocycles. The van der Waals surface area contributed by atoms with Crippen LogP contribution >= 0.6 is 0 Å². The van der Waals surface area contributed by atoms with Gasteiger partial charge in [-0.2, -0.15) is 0 Å². The van der Waals surface area contributed by atoms with Gasteiger partial charge < -0.3 is 14.3 Å². The molecule has 0 aliphatic rings. The quantitative estimate of drug-likeness (QED) is 0.432. The van der Waals surface area contributed by atoms with E-state index in [1.54, 1.807) is 6.08 Å². The van der Waals surface area contributed by atoms with Crippen molar-refractivity contribution in [3.05, 3.63) is 12.2 Å². The number of ether oxygens (including phenoxy) is 1. The summed E-state index contributed by atoms with van der Waals surface area (Å²) in [7, 11) is -1.94. The van der Waals surface area contributed by atoms with Gasteiger partial charge in [0.05, 0.1) is 6.10 Å². The van der Waals surface area contributed by atoms with Crippen LogP contribution in [0.1, 0.15) is 48.5 Å². The second-order valence-corrected chi connectivity index (χ2v) is 12.2. The summed E-state index contributed by atoms with van der Waals surface area (Å²) in [4.78, 5) is 0. The second kappa shape index (κ2) is 7.21. The van der Waals surface area contributed by atoms with Crippen LogP contribution in [0.3, 0.4) is 0 Å². The molecular weight excluding hydrogens is 268 g/mol. The zero-order chi connectivity index (χ0) is 16.2. The molecule has 0 saturated heterocycles. The van der Waals surface area contributed by atoms with Gasteiger partial charge in [0.1, 0.15) is 0 Å². The van der Waals surface area contributed by atoms with Gasteiger partial charge in [0.15, 0.2) is 14.6 Å². The zero-order valence-corrected chi connectivity index (χ0v) is 15.8. The Kier molecular flexibility index (Phi) is 7.15. The highest BCUT2D eigenvalue weighted by Gasteiger charge is 2.45. The van der Waals surface area contributed by atoms with Gasteiger partial charge in [-0.05, 0) is 32.0 Å². The highest BCUT2D eigenvalue weighted by atomic mass is 28.4. The van der Waals surface area contributed by atoms with Crippen molar-refractivity contribution >= 4 is 8.32 Å². The van der Waals surface area contributed by atoms with Crippen LogP contribution < -0.4 is 0 Å². The van der Waals surface area contributed by atoms with Gasteiger partial charge >= 0.3 is 0 Å². The molecule has 0 amide bonds. The van der Waals surface area contributed by atoms with Gasteiger partial charge in [0, 0.05) is 12.0 Å². The van der Waals surface area contributed by atoms with E-state index in [4.69, 9.17) is 9.16 Å². The minimum atomic E-state index is -1.94. The Hall–Kier alpha value is -0.163. The molecule has 0 aliphatic carbocycles. The van der Waals surface area contributed by atoms with Crippen molar-refractivity contribution in [1.82, 2.24) is 0 Å². The maximum atomic E-state index is 10.3. The lowest BCUT2D eigenvalue weighted by Crippen LogP contribution is -2.51. The van der Waals surface area contributed by atoms with Crippen molar-refractivity contribution in [2.45, 2.75) is 79.0 Å². The summed E-state index contributed by atoms with van der Waals surface area (Å²) in [5.74, 6) is 0. The molecule has 0 bridgehead atoms. The predicted molar refractivity (Wildman–Crippen MR) is 88.3 cm³/mol. The maximum absolute atomic E-state index is 10.3. The van der Waals surface area contributed by atoms with Crippen molar-refractivity contribution in [3.63, 3.8) is 0 Å². The molecule has 120 valence electrons. The molecular formula is C16H34O3Si. The van der Waals surface area contributed by atoms with Gasteiger partial charge in [-0.25, -0.2) is 0 Å². The van der Waals surface area contributed by atoms with Crippen molar-refractivity contribution in [3.8, 4) is 0 Å². The fraction of sp³-hybridized carbons (Fsp3) is 0.875. The molecule has 0 spiro atoms. The average Bonchev–Trinajstić information content (AvgIpc) is 2.26. The Balaban J connectivity index is 5.25. The van der Waals surface area contributed by atoms with Crippen LogP contribution in [-0.4, -0.2) is 32.4 Å². The first-order chi connectivity index (χ1) is 8.90.